The van der Waals surface area contributed by atoms with Crippen molar-refractivity contribution in [2.24, 2.45) is 0 Å². The van der Waals surface area contributed by atoms with Crippen LogP contribution >= 0.6 is 0 Å². The van der Waals surface area contributed by atoms with Crippen molar-refractivity contribution in [3.05, 3.63) is 77.1 Å². The van der Waals surface area contributed by atoms with Gasteiger partial charge in [0.1, 0.15) is 12.1 Å². The molecule has 24 heavy (non-hydrogen) atoms. The lowest BCUT2D eigenvalue weighted by atomic mass is 9.88. The van der Waals surface area contributed by atoms with Gasteiger partial charge in [0.2, 0.25) is 0 Å². The molecule has 4 nitrogen and oxygen atoms in total. The van der Waals surface area contributed by atoms with Crippen molar-refractivity contribution in [2.75, 3.05) is 6.26 Å². The summed E-state index contributed by atoms with van der Waals surface area (Å²) in [5, 5.41) is 9.04. The lowest BCUT2D eigenvalue weighted by molar-refractivity contribution is 0.588. The van der Waals surface area contributed by atoms with Crippen molar-refractivity contribution >= 4 is 23.5 Å². The molecular formula is C19H17N3OS. The maximum absolute atomic E-state index is 12.0. The molecule has 1 aliphatic heterocycles. The maximum atomic E-state index is 12.0. The largest absolute Gasteiger partial charge is 0.609 e. The summed E-state index contributed by atoms with van der Waals surface area (Å²) in [6, 6.07) is 18.7. The molecule has 1 aromatic heterocycles. The van der Waals surface area contributed by atoms with Gasteiger partial charge in [0.25, 0.3) is 0 Å². The first-order chi connectivity index (χ1) is 11.7. The minimum atomic E-state index is -1.18. The molecular weight excluding hydrogens is 318 g/mol. The van der Waals surface area contributed by atoms with E-state index in [9.17, 15) is 4.55 Å². The zero-order valence-electron chi connectivity index (χ0n) is 13.3. The summed E-state index contributed by atoms with van der Waals surface area (Å²) >= 11 is -1.18. The Labute approximate surface area is 144 Å². The quantitative estimate of drug-likeness (QED) is 0.690. The zero-order valence-corrected chi connectivity index (χ0v) is 14.1. The van der Waals surface area contributed by atoms with Crippen molar-refractivity contribution in [2.45, 2.75) is 17.5 Å². The molecule has 0 amide bonds. The van der Waals surface area contributed by atoms with E-state index in [0.29, 0.717) is 5.16 Å². The van der Waals surface area contributed by atoms with Crippen LogP contribution in [0, 0.1) is 0 Å². The molecule has 0 fully saturated rings. The highest BCUT2D eigenvalue weighted by Crippen LogP contribution is 2.34. The van der Waals surface area contributed by atoms with Crippen molar-refractivity contribution in [1.82, 2.24) is 14.8 Å². The van der Waals surface area contributed by atoms with Gasteiger partial charge in [-0.25, -0.2) is 4.57 Å². The van der Waals surface area contributed by atoms with E-state index in [1.807, 2.05) is 41.1 Å². The van der Waals surface area contributed by atoms with Gasteiger partial charge < -0.3 is 4.55 Å². The first-order valence-electron chi connectivity index (χ1n) is 7.83. The third kappa shape index (κ3) is 2.66. The van der Waals surface area contributed by atoms with Gasteiger partial charge in [0.05, 0.1) is 0 Å². The highest BCUT2D eigenvalue weighted by atomic mass is 32.2. The average Bonchev–Trinajstić information content (AvgIpc) is 2.97. The van der Waals surface area contributed by atoms with E-state index in [0.717, 1.165) is 17.8 Å². The normalized spacial score (nSPS) is 17.0. The molecule has 2 atom stereocenters. The lowest BCUT2D eigenvalue weighted by Crippen LogP contribution is -2.12. The molecule has 0 spiro atoms. The predicted molar refractivity (Wildman–Crippen MR) is 96.0 cm³/mol. The number of aromatic nitrogens is 3. The zero-order chi connectivity index (χ0) is 16.5. The minimum absolute atomic E-state index is 0.0726. The Kier molecular flexibility index (Phi) is 3.96. The van der Waals surface area contributed by atoms with Crippen LogP contribution in [0.5, 0.6) is 0 Å². The number of benzene rings is 2. The van der Waals surface area contributed by atoms with Gasteiger partial charge in [0.15, 0.2) is 0 Å². The van der Waals surface area contributed by atoms with Crippen molar-refractivity contribution in [3.63, 3.8) is 0 Å². The van der Waals surface area contributed by atoms with E-state index >= 15 is 0 Å². The molecule has 0 saturated heterocycles. The predicted octanol–water partition coefficient (Wildman–Crippen LogP) is 3.33. The third-order valence-electron chi connectivity index (χ3n) is 4.32. The fraction of sp³-hybridized carbons (Fsp3) is 0.158. The molecule has 0 bridgehead atoms. The van der Waals surface area contributed by atoms with Gasteiger partial charge in [0, 0.05) is 23.3 Å². The fourth-order valence-electron chi connectivity index (χ4n) is 3.19. The Morgan fingerprint density at radius 3 is 2.58 bits per heavy atom. The molecule has 2 aromatic carbocycles. The molecule has 4 rings (SSSR count). The second-order valence-corrected chi connectivity index (χ2v) is 7.13. The Bertz CT molecular complexity index is 887. The number of fused-ring (bicyclic) bond motifs is 2. The van der Waals surface area contributed by atoms with Crippen molar-refractivity contribution in [3.8, 4) is 0 Å². The Balaban J connectivity index is 1.86. The summed E-state index contributed by atoms with van der Waals surface area (Å²) < 4.78 is 13.9. The molecule has 3 aromatic rings. The second-order valence-electron chi connectivity index (χ2n) is 5.85. The Morgan fingerprint density at radius 2 is 1.79 bits per heavy atom. The molecule has 120 valence electrons. The number of rotatable bonds is 3. The van der Waals surface area contributed by atoms with Crippen LogP contribution in [0.3, 0.4) is 0 Å². The van der Waals surface area contributed by atoms with E-state index in [1.54, 1.807) is 6.26 Å². The Morgan fingerprint density at radius 1 is 1.04 bits per heavy atom. The molecule has 5 heteroatoms. The molecule has 2 unspecified atom stereocenters. The van der Waals surface area contributed by atoms with Crippen LogP contribution in [-0.2, 0) is 17.6 Å². The number of hydrogen-bond donors (Lipinski definition) is 0. The van der Waals surface area contributed by atoms with Crippen molar-refractivity contribution in [1.29, 1.82) is 0 Å². The van der Waals surface area contributed by atoms with Gasteiger partial charge in [-0.3, -0.25) is 0 Å². The Hall–Kier alpha value is -2.37. The smallest absolute Gasteiger partial charge is 0.347 e. The van der Waals surface area contributed by atoms with Crippen LogP contribution < -0.4 is 0 Å². The highest BCUT2D eigenvalue weighted by Gasteiger charge is 2.28. The molecule has 2 heterocycles. The van der Waals surface area contributed by atoms with E-state index in [1.165, 1.54) is 11.1 Å². The fourth-order valence-corrected chi connectivity index (χ4v) is 3.77. The van der Waals surface area contributed by atoms with Crippen LogP contribution in [-0.4, -0.2) is 25.6 Å². The number of hydrogen-bond acceptors (Lipinski definition) is 3. The minimum Gasteiger partial charge on any atom is -0.609 e. The molecule has 0 saturated carbocycles. The van der Waals surface area contributed by atoms with Gasteiger partial charge in [-0.15, -0.1) is 5.10 Å². The van der Waals surface area contributed by atoms with E-state index in [4.69, 9.17) is 0 Å². The summed E-state index contributed by atoms with van der Waals surface area (Å²) in [4.78, 5) is 0. The van der Waals surface area contributed by atoms with Crippen LogP contribution in [0.2, 0.25) is 0 Å². The third-order valence-corrected chi connectivity index (χ3v) is 5.11. The summed E-state index contributed by atoms with van der Waals surface area (Å²) in [7, 11) is 0. The number of nitrogens with zero attached hydrogens (tertiary/aromatic N) is 3. The molecule has 0 N–H and O–H groups in total. The summed E-state index contributed by atoms with van der Waals surface area (Å²) in [5.74, 6) is 0.911. The van der Waals surface area contributed by atoms with Gasteiger partial charge >= 0.3 is 5.16 Å². The van der Waals surface area contributed by atoms with Gasteiger partial charge in [-0.05, 0) is 29.2 Å². The summed E-state index contributed by atoms with van der Waals surface area (Å²) in [5.41, 5.74) is 3.63. The summed E-state index contributed by atoms with van der Waals surface area (Å²) in [6.45, 7) is 0. The first kappa shape index (κ1) is 15.2. The SMILES string of the molecule is C[S+]([O-])c1nnc2n1C=Cc1ccccc1C2Cc1ccccc1. The average molecular weight is 335 g/mol. The topological polar surface area (TPSA) is 53.8 Å². The first-order valence-corrected chi connectivity index (χ1v) is 9.39. The van der Waals surface area contributed by atoms with Crippen molar-refractivity contribution < 1.29 is 4.55 Å². The monoisotopic (exact) mass is 335 g/mol. The molecule has 0 radical (unpaired) electrons. The lowest BCUT2D eigenvalue weighted by Gasteiger charge is -2.17. The van der Waals surface area contributed by atoms with Crippen LogP contribution in [0.1, 0.15) is 28.4 Å². The standard InChI is InChI=1S/C19H17N3OS/c1-24(23)19-21-20-18-17(13-14-7-3-2-4-8-14)16-10-6-5-9-15(16)11-12-22(18)19/h2-12,17H,13H2,1H3. The van der Waals surface area contributed by atoms with E-state index in [2.05, 4.69) is 40.5 Å². The molecule has 1 aliphatic rings. The summed E-state index contributed by atoms with van der Waals surface area (Å²) in [6.07, 6.45) is 6.43. The highest BCUT2D eigenvalue weighted by molar-refractivity contribution is 7.90. The maximum Gasteiger partial charge on any atom is 0.347 e. The van der Waals surface area contributed by atoms with Crippen LogP contribution in [0.4, 0.5) is 0 Å². The van der Waals surface area contributed by atoms with Gasteiger partial charge in [-0.2, -0.15) is 0 Å². The van der Waals surface area contributed by atoms with Crippen LogP contribution in [0.15, 0.2) is 59.8 Å². The van der Waals surface area contributed by atoms with Gasteiger partial charge in [-0.1, -0.05) is 59.7 Å². The molecule has 0 aliphatic carbocycles. The van der Waals surface area contributed by atoms with E-state index in [-0.39, 0.29) is 5.92 Å². The second kappa shape index (κ2) is 6.26. The van der Waals surface area contributed by atoms with E-state index < -0.39 is 11.2 Å². The van der Waals surface area contributed by atoms with Crippen LogP contribution in [0.25, 0.3) is 12.3 Å².